The van der Waals surface area contributed by atoms with E-state index in [0.717, 1.165) is 38.5 Å². The van der Waals surface area contributed by atoms with Gasteiger partial charge in [0.25, 0.3) is 0 Å². The molecule has 1 unspecified atom stereocenters. The van der Waals surface area contributed by atoms with Gasteiger partial charge in [0.05, 0.1) is 13.2 Å². The van der Waals surface area contributed by atoms with Crippen LogP contribution >= 0.6 is 7.82 Å². The third-order valence-corrected chi connectivity index (χ3v) is 9.70. The molecule has 0 aromatic heterocycles. The van der Waals surface area contributed by atoms with Crippen molar-refractivity contribution in [3.05, 3.63) is 48.6 Å². The second-order valence-corrected chi connectivity index (χ2v) is 15.3. The summed E-state index contributed by atoms with van der Waals surface area (Å²) in [6.45, 7) is 3.64. The summed E-state index contributed by atoms with van der Waals surface area (Å²) in [5.74, 6) is -0.892. The van der Waals surface area contributed by atoms with E-state index in [2.05, 4.69) is 56.4 Å². The fraction of sp³-hybridized carbons (Fsp3) is 0.767. The van der Waals surface area contributed by atoms with Crippen LogP contribution in [0.4, 0.5) is 0 Å². The van der Waals surface area contributed by atoms with E-state index >= 15 is 0 Å². The van der Waals surface area contributed by atoms with Crippen LogP contribution in [0.5, 0.6) is 0 Å². The molecule has 0 aromatic rings. The van der Waals surface area contributed by atoms with Crippen LogP contribution in [0.15, 0.2) is 48.6 Å². The van der Waals surface area contributed by atoms with Gasteiger partial charge in [0.1, 0.15) is 6.61 Å². The third-order valence-electron chi connectivity index (χ3n) is 8.72. The van der Waals surface area contributed by atoms with Gasteiger partial charge in [-0.25, -0.2) is 4.57 Å². The summed E-state index contributed by atoms with van der Waals surface area (Å²) in [6.07, 6.45) is 44.3. The number of rotatable bonds is 39. The highest BCUT2D eigenvalue weighted by Gasteiger charge is 2.25. The summed E-state index contributed by atoms with van der Waals surface area (Å²) in [6, 6.07) is 0. The number of unbranched alkanes of at least 4 members (excludes halogenated alkanes) is 18. The average molecular weight is 768 g/mol. The summed E-state index contributed by atoms with van der Waals surface area (Å²) in [5, 5.41) is 0. The summed E-state index contributed by atoms with van der Waals surface area (Å²) in [5.41, 5.74) is 5.34. The second-order valence-electron chi connectivity index (χ2n) is 13.9. The SMILES string of the molecule is CCCCCC=CCC=CCC=CCC=CCCCC(=O)O[C@H](COC(=O)CCCCCCCCCCCCCCCCC)COP(=O)(O)OCCN. The number of hydrogen-bond donors (Lipinski definition) is 2. The van der Waals surface area contributed by atoms with E-state index in [-0.39, 0.29) is 32.6 Å². The molecule has 3 N–H and O–H groups in total. The number of allylic oxidation sites excluding steroid dienone is 8. The molecule has 0 aliphatic rings. The molecule has 0 aliphatic carbocycles. The Bertz CT molecular complexity index is 1010. The van der Waals surface area contributed by atoms with Crippen molar-refractivity contribution in [2.75, 3.05) is 26.4 Å². The Morgan fingerprint density at radius 1 is 0.566 bits per heavy atom. The van der Waals surface area contributed by atoms with Gasteiger partial charge in [0.15, 0.2) is 6.10 Å². The molecule has 0 spiro atoms. The molecule has 0 rings (SSSR count). The van der Waals surface area contributed by atoms with Crippen LogP contribution in [0.3, 0.4) is 0 Å². The summed E-state index contributed by atoms with van der Waals surface area (Å²) < 4.78 is 32.7. The number of nitrogens with two attached hydrogens (primary N) is 1. The molecule has 308 valence electrons. The fourth-order valence-electron chi connectivity index (χ4n) is 5.57. The van der Waals surface area contributed by atoms with Crippen LogP contribution in [-0.4, -0.2) is 49.3 Å². The number of hydrogen-bond acceptors (Lipinski definition) is 8. The standard InChI is InChI=1S/C43H78NO8P/c1-3-5-7-9-11-13-15-17-19-20-22-24-26-28-30-32-34-36-43(46)52-41(40-51-53(47,48)50-38-37-44)39-49-42(45)35-33-31-29-27-25-23-21-18-16-14-12-10-8-6-4-2/h11,13,17,19,22,24,28,30,41H,3-10,12,14-16,18,20-21,23,25-27,29,31-40,44H2,1-2H3,(H,47,48)/t41-/m1/s1. The molecule has 2 atom stereocenters. The van der Waals surface area contributed by atoms with Crippen LogP contribution in [0, 0.1) is 0 Å². The molecular weight excluding hydrogens is 689 g/mol. The number of phosphoric ester groups is 1. The Kier molecular flexibility index (Phi) is 38.1. The number of phosphoric acid groups is 1. The first kappa shape index (κ1) is 51.0. The molecule has 0 amide bonds. The van der Waals surface area contributed by atoms with Gasteiger partial charge in [-0.15, -0.1) is 0 Å². The van der Waals surface area contributed by atoms with Crippen LogP contribution in [0.1, 0.15) is 181 Å². The quantitative estimate of drug-likeness (QED) is 0.0271. The number of ether oxygens (including phenoxy) is 2. The molecule has 0 aliphatic heterocycles. The van der Waals surface area contributed by atoms with E-state index in [4.69, 9.17) is 24.3 Å². The average Bonchev–Trinajstić information content (AvgIpc) is 3.14. The Morgan fingerprint density at radius 3 is 1.51 bits per heavy atom. The van der Waals surface area contributed by atoms with Crippen molar-refractivity contribution >= 4 is 19.8 Å². The second kappa shape index (κ2) is 39.7. The third kappa shape index (κ3) is 39.5. The number of esters is 2. The first-order chi connectivity index (χ1) is 25.8. The minimum atomic E-state index is -4.39. The van der Waals surface area contributed by atoms with Gasteiger partial charge in [0.2, 0.25) is 0 Å². The first-order valence-electron chi connectivity index (χ1n) is 21.1. The van der Waals surface area contributed by atoms with Crippen LogP contribution < -0.4 is 5.73 Å². The fourth-order valence-corrected chi connectivity index (χ4v) is 6.33. The Balaban J connectivity index is 4.26. The highest BCUT2D eigenvalue weighted by atomic mass is 31.2. The lowest BCUT2D eigenvalue weighted by Crippen LogP contribution is -2.29. The van der Waals surface area contributed by atoms with Crippen molar-refractivity contribution in [2.45, 2.75) is 187 Å². The molecule has 0 saturated heterocycles. The van der Waals surface area contributed by atoms with Crippen molar-refractivity contribution in [1.29, 1.82) is 0 Å². The summed E-state index contributed by atoms with van der Waals surface area (Å²) in [7, 11) is -4.39. The van der Waals surface area contributed by atoms with Crippen LogP contribution in [0.25, 0.3) is 0 Å². The predicted molar refractivity (Wildman–Crippen MR) is 220 cm³/mol. The van der Waals surface area contributed by atoms with Crippen LogP contribution in [0.2, 0.25) is 0 Å². The van der Waals surface area contributed by atoms with E-state index in [0.29, 0.717) is 12.8 Å². The molecule has 9 nitrogen and oxygen atoms in total. The molecule has 10 heteroatoms. The van der Waals surface area contributed by atoms with Gasteiger partial charge in [-0.2, -0.15) is 0 Å². The first-order valence-corrected chi connectivity index (χ1v) is 22.6. The summed E-state index contributed by atoms with van der Waals surface area (Å²) in [4.78, 5) is 34.8. The maximum atomic E-state index is 12.5. The van der Waals surface area contributed by atoms with Crippen molar-refractivity contribution in [3.8, 4) is 0 Å². The van der Waals surface area contributed by atoms with E-state index in [9.17, 15) is 19.0 Å². The van der Waals surface area contributed by atoms with Gasteiger partial charge in [-0.05, 0) is 51.4 Å². The molecule has 53 heavy (non-hydrogen) atoms. The van der Waals surface area contributed by atoms with Crippen LogP contribution in [-0.2, 0) is 32.7 Å². The largest absolute Gasteiger partial charge is 0.472 e. The molecule has 0 saturated carbocycles. The van der Waals surface area contributed by atoms with Gasteiger partial charge >= 0.3 is 19.8 Å². The van der Waals surface area contributed by atoms with Crippen molar-refractivity contribution < 1.29 is 37.6 Å². The van der Waals surface area contributed by atoms with Crippen molar-refractivity contribution in [3.63, 3.8) is 0 Å². The van der Waals surface area contributed by atoms with E-state index in [1.807, 2.05) is 6.08 Å². The van der Waals surface area contributed by atoms with Gasteiger partial charge < -0.3 is 20.1 Å². The normalized spacial score (nSPS) is 13.8. The smallest absolute Gasteiger partial charge is 0.462 e. The van der Waals surface area contributed by atoms with E-state index in [1.54, 1.807) is 0 Å². The zero-order chi connectivity index (χ0) is 38.9. The zero-order valence-electron chi connectivity index (χ0n) is 33.7. The molecule has 0 bridgehead atoms. The van der Waals surface area contributed by atoms with Crippen molar-refractivity contribution in [1.82, 2.24) is 0 Å². The molecular formula is C43H78NO8P. The highest BCUT2D eigenvalue weighted by molar-refractivity contribution is 7.47. The highest BCUT2D eigenvalue weighted by Crippen LogP contribution is 2.43. The van der Waals surface area contributed by atoms with E-state index in [1.165, 1.54) is 103 Å². The number of carbonyl (C=O) groups is 2. The maximum Gasteiger partial charge on any atom is 0.472 e. The predicted octanol–water partition coefficient (Wildman–Crippen LogP) is 11.9. The number of carbonyl (C=O) groups excluding carboxylic acids is 2. The zero-order valence-corrected chi connectivity index (χ0v) is 34.6. The minimum Gasteiger partial charge on any atom is -0.462 e. The van der Waals surface area contributed by atoms with Gasteiger partial charge in [-0.3, -0.25) is 18.6 Å². The van der Waals surface area contributed by atoms with Crippen molar-refractivity contribution in [2.24, 2.45) is 5.73 Å². The monoisotopic (exact) mass is 768 g/mol. The summed E-state index contributed by atoms with van der Waals surface area (Å²) >= 11 is 0. The lowest BCUT2D eigenvalue weighted by Gasteiger charge is -2.19. The molecule has 0 aromatic carbocycles. The molecule has 0 fully saturated rings. The lowest BCUT2D eigenvalue weighted by molar-refractivity contribution is -0.161. The van der Waals surface area contributed by atoms with E-state index < -0.39 is 32.5 Å². The maximum absolute atomic E-state index is 12.5. The van der Waals surface area contributed by atoms with Gasteiger partial charge in [0, 0.05) is 19.4 Å². The molecule has 0 heterocycles. The topological polar surface area (TPSA) is 134 Å². The minimum absolute atomic E-state index is 0.0443. The van der Waals surface area contributed by atoms with Gasteiger partial charge in [-0.1, -0.05) is 165 Å². The Labute approximate surface area is 324 Å². The Morgan fingerprint density at radius 2 is 1.00 bits per heavy atom. The lowest BCUT2D eigenvalue weighted by atomic mass is 10.0. The Hall–Kier alpha value is -2.03. The molecule has 0 radical (unpaired) electrons.